The SMILES string of the molecule is CCNC(Cc1cn(C)nn1)c1ccc(C)cc1OC. The van der Waals surface area contributed by atoms with E-state index in [0.717, 1.165) is 30.0 Å². The standard InChI is InChI=1S/C15H22N4O/c1-5-16-14(9-12-10-19(3)18-17-12)13-7-6-11(2)8-15(13)20-4/h6-8,10,14,16H,5,9H2,1-4H3. The van der Waals surface area contributed by atoms with Crippen LogP contribution in [0.25, 0.3) is 0 Å². The monoisotopic (exact) mass is 274 g/mol. The lowest BCUT2D eigenvalue weighted by Crippen LogP contribution is -2.23. The quantitative estimate of drug-likeness (QED) is 0.875. The van der Waals surface area contributed by atoms with Gasteiger partial charge in [0.05, 0.1) is 12.8 Å². The van der Waals surface area contributed by atoms with Crippen LogP contribution in [0.2, 0.25) is 0 Å². The Balaban J connectivity index is 2.28. The lowest BCUT2D eigenvalue weighted by Gasteiger charge is -2.20. The predicted octanol–water partition coefficient (Wildman–Crippen LogP) is 2.03. The molecule has 0 amide bonds. The number of ether oxygens (including phenoxy) is 1. The molecule has 0 saturated carbocycles. The first-order chi connectivity index (χ1) is 9.63. The fraction of sp³-hybridized carbons (Fsp3) is 0.467. The maximum Gasteiger partial charge on any atom is 0.123 e. The Kier molecular flexibility index (Phi) is 4.74. The van der Waals surface area contributed by atoms with Crippen molar-refractivity contribution in [2.75, 3.05) is 13.7 Å². The van der Waals surface area contributed by atoms with Gasteiger partial charge in [-0.2, -0.15) is 0 Å². The third kappa shape index (κ3) is 3.36. The van der Waals surface area contributed by atoms with Gasteiger partial charge in [-0.05, 0) is 25.1 Å². The van der Waals surface area contributed by atoms with Gasteiger partial charge in [-0.15, -0.1) is 5.10 Å². The Morgan fingerprint density at radius 2 is 2.20 bits per heavy atom. The van der Waals surface area contributed by atoms with Crippen LogP contribution in [-0.4, -0.2) is 28.6 Å². The molecule has 1 aromatic heterocycles. The summed E-state index contributed by atoms with van der Waals surface area (Å²) in [6.45, 7) is 5.06. The summed E-state index contributed by atoms with van der Waals surface area (Å²) in [6, 6.07) is 6.47. The van der Waals surface area contributed by atoms with Crippen molar-refractivity contribution in [3.63, 3.8) is 0 Å². The van der Waals surface area contributed by atoms with Crippen molar-refractivity contribution < 1.29 is 4.74 Å². The molecule has 1 atom stereocenters. The number of rotatable bonds is 6. The normalized spacial score (nSPS) is 12.4. The molecule has 1 aromatic carbocycles. The Morgan fingerprint density at radius 1 is 1.40 bits per heavy atom. The summed E-state index contributed by atoms with van der Waals surface area (Å²) in [6.07, 6.45) is 2.74. The van der Waals surface area contributed by atoms with Crippen LogP contribution in [-0.2, 0) is 13.5 Å². The lowest BCUT2D eigenvalue weighted by atomic mass is 9.99. The van der Waals surface area contributed by atoms with Crippen molar-refractivity contribution in [3.8, 4) is 5.75 Å². The highest BCUT2D eigenvalue weighted by Crippen LogP contribution is 2.28. The molecule has 108 valence electrons. The van der Waals surface area contributed by atoms with Crippen LogP contribution >= 0.6 is 0 Å². The summed E-state index contributed by atoms with van der Waals surface area (Å²) >= 11 is 0. The van der Waals surface area contributed by atoms with E-state index in [-0.39, 0.29) is 6.04 Å². The number of aryl methyl sites for hydroxylation is 2. The summed E-state index contributed by atoms with van der Waals surface area (Å²) in [7, 11) is 3.59. The first kappa shape index (κ1) is 14.5. The highest BCUT2D eigenvalue weighted by atomic mass is 16.5. The molecule has 1 heterocycles. The minimum absolute atomic E-state index is 0.173. The summed E-state index contributed by atoms with van der Waals surface area (Å²) in [4.78, 5) is 0. The molecule has 0 aliphatic rings. The van der Waals surface area contributed by atoms with Gasteiger partial charge in [0, 0.05) is 31.3 Å². The fourth-order valence-corrected chi connectivity index (χ4v) is 2.34. The molecule has 1 N–H and O–H groups in total. The van der Waals surface area contributed by atoms with E-state index in [2.05, 4.69) is 47.7 Å². The molecule has 0 radical (unpaired) electrons. The molecule has 0 bridgehead atoms. The maximum absolute atomic E-state index is 5.52. The third-order valence-corrected chi connectivity index (χ3v) is 3.28. The van der Waals surface area contributed by atoms with Crippen LogP contribution in [0.3, 0.4) is 0 Å². The van der Waals surface area contributed by atoms with E-state index in [9.17, 15) is 0 Å². The Morgan fingerprint density at radius 3 is 2.80 bits per heavy atom. The van der Waals surface area contributed by atoms with Crippen molar-refractivity contribution in [2.45, 2.75) is 26.3 Å². The molecule has 20 heavy (non-hydrogen) atoms. The van der Waals surface area contributed by atoms with Crippen LogP contribution in [0.15, 0.2) is 24.4 Å². The molecule has 1 unspecified atom stereocenters. The van der Waals surface area contributed by atoms with Crippen molar-refractivity contribution in [1.29, 1.82) is 0 Å². The van der Waals surface area contributed by atoms with Crippen LogP contribution < -0.4 is 10.1 Å². The molecule has 0 aliphatic carbocycles. The van der Waals surface area contributed by atoms with Gasteiger partial charge in [0.2, 0.25) is 0 Å². The molecule has 5 heteroatoms. The summed E-state index contributed by atoms with van der Waals surface area (Å²) in [5.74, 6) is 0.917. The lowest BCUT2D eigenvalue weighted by molar-refractivity contribution is 0.398. The van der Waals surface area contributed by atoms with Crippen molar-refractivity contribution in [2.24, 2.45) is 7.05 Å². The van der Waals surface area contributed by atoms with Crippen molar-refractivity contribution >= 4 is 0 Å². The largest absolute Gasteiger partial charge is 0.496 e. The second-order valence-electron chi connectivity index (χ2n) is 4.94. The highest BCUT2D eigenvalue weighted by Gasteiger charge is 2.17. The molecule has 2 aromatic rings. The summed E-state index contributed by atoms with van der Waals surface area (Å²) in [5, 5.41) is 11.7. The van der Waals surface area contributed by atoms with Gasteiger partial charge in [-0.25, -0.2) is 0 Å². The van der Waals surface area contributed by atoms with E-state index in [0.29, 0.717) is 0 Å². The summed E-state index contributed by atoms with van der Waals surface area (Å²) in [5.41, 5.74) is 3.33. The van der Waals surface area contributed by atoms with Gasteiger partial charge >= 0.3 is 0 Å². The number of hydrogen-bond acceptors (Lipinski definition) is 4. The van der Waals surface area contributed by atoms with Gasteiger partial charge in [-0.3, -0.25) is 4.68 Å². The number of aromatic nitrogens is 3. The fourth-order valence-electron chi connectivity index (χ4n) is 2.34. The van der Waals surface area contributed by atoms with E-state index < -0.39 is 0 Å². The topological polar surface area (TPSA) is 52.0 Å². The number of methoxy groups -OCH3 is 1. The first-order valence-electron chi connectivity index (χ1n) is 6.87. The molecular formula is C15H22N4O. The zero-order valence-electron chi connectivity index (χ0n) is 12.6. The number of hydrogen-bond donors (Lipinski definition) is 1. The second-order valence-corrected chi connectivity index (χ2v) is 4.94. The molecule has 0 saturated heterocycles. The average Bonchev–Trinajstić information content (AvgIpc) is 2.83. The number of likely N-dealkylation sites (N-methyl/N-ethyl adjacent to an activating group) is 1. The van der Waals surface area contributed by atoms with E-state index in [1.54, 1.807) is 11.8 Å². The minimum Gasteiger partial charge on any atom is -0.496 e. The van der Waals surface area contributed by atoms with Crippen LogP contribution in [0.1, 0.15) is 29.8 Å². The molecule has 0 aliphatic heterocycles. The average molecular weight is 274 g/mol. The Labute approximate surface area is 120 Å². The second kappa shape index (κ2) is 6.52. The van der Waals surface area contributed by atoms with Crippen molar-refractivity contribution in [3.05, 3.63) is 41.2 Å². The van der Waals surface area contributed by atoms with Crippen molar-refractivity contribution in [1.82, 2.24) is 20.3 Å². The molecule has 5 nitrogen and oxygen atoms in total. The van der Waals surface area contributed by atoms with Gasteiger partial charge in [0.1, 0.15) is 5.75 Å². The van der Waals surface area contributed by atoms with E-state index in [1.165, 1.54) is 5.56 Å². The van der Waals surface area contributed by atoms with Gasteiger partial charge in [0.15, 0.2) is 0 Å². The van der Waals surface area contributed by atoms with E-state index >= 15 is 0 Å². The van der Waals surface area contributed by atoms with Gasteiger partial charge in [-0.1, -0.05) is 24.3 Å². The smallest absolute Gasteiger partial charge is 0.123 e. The first-order valence-corrected chi connectivity index (χ1v) is 6.87. The van der Waals surface area contributed by atoms with E-state index in [1.807, 2.05) is 13.2 Å². The summed E-state index contributed by atoms with van der Waals surface area (Å²) < 4.78 is 7.24. The molecule has 0 fully saturated rings. The molecule has 0 spiro atoms. The third-order valence-electron chi connectivity index (χ3n) is 3.28. The molecule has 2 rings (SSSR count). The molecular weight excluding hydrogens is 252 g/mol. The van der Waals surface area contributed by atoms with Crippen LogP contribution in [0.5, 0.6) is 5.75 Å². The van der Waals surface area contributed by atoms with E-state index in [4.69, 9.17) is 4.74 Å². The predicted molar refractivity (Wildman–Crippen MR) is 78.9 cm³/mol. The highest BCUT2D eigenvalue weighted by molar-refractivity contribution is 5.39. The zero-order valence-corrected chi connectivity index (χ0v) is 12.6. The number of benzene rings is 1. The van der Waals surface area contributed by atoms with Crippen LogP contribution in [0, 0.1) is 6.92 Å². The Bertz CT molecular complexity index is 565. The number of nitrogens with one attached hydrogen (secondary N) is 1. The van der Waals surface area contributed by atoms with Gasteiger partial charge < -0.3 is 10.1 Å². The van der Waals surface area contributed by atoms with Crippen LogP contribution in [0.4, 0.5) is 0 Å². The zero-order chi connectivity index (χ0) is 14.5. The Hall–Kier alpha value is -1.88. The number of nitrogens with zero attached hydrogens (tertiary/aromatic N) is 3. The van der Waals surface area contributed by atoms with Gasteiger partial charge in [0.25, 0.3) is 0 Å². The minimum atomic E-state index is 0.173. The maximum atomic E-state index is 5.52.